The van der Waals surface area contributed by atoms with Gasteiger partial charge in [-0.05, 0) is 36.8 Å². The first-order valence-electron chi connectivity index (χ1n) is 8.98. The summed E-state index contributed by atoms with van der Waals surface area (Å²) in [5, 5.41) is 0. The van der Waals surface area contributed by atoms with Crippen LogP contribution in [0.1, 0.15) is 12.5 Å². The minimum absolute atomic E-state index is 0.145. The normalized spacial score (nSPS) is 15.0. The van der Waals surface area contributed by atoms with Crippen LogP contribution in [0.3, 0.4) is 0 Å². The summed E-state index contributed by atoms with van der Waals surface area (Å²) in [5.74, 6) is 1.13. The lowest BCUT2D eigenvalue weighted by Crippen LogP contribution is -2.19. The van der Waals surface area contributed by atoms with Gasteiger partial charge in [-0.2, -0.15) is 0 Å². The van der Waals surface area contributed by atoms with Crippen LogP contribution in [0.2, 0.25) is 0 Å². The maximum Gasteiger partial charge on any atom is 0.213 e. The van der Waals surface area contributed by atoms with Gasteiger partial charge in [0, 0.05) is 6.07 Å². The fourth-order valence-electron chi connectivity index (χ4n) is 3.04. The Labute approximate surface area is 164 Å². The number of sulfone groups is 1. The Hall–Kier alpha value is -2.83. The van der Waals surface area contributed by atoms with Crippen molar-refractivity contribution in [2.24, 2.45) is 0 Å². The molecule has 5 nitrogen and oxygen atoms in total. The van der Waals surface area contributed by atoms with Gasteiger partial charge < -0.3 is 14.2 Å². The van der Waals surface area contributed by atoms with Crippen molar-refractivity contribution in [3.63, 3.8) is 0 Å². The molecule has 0 N–H and O–H groups in total. The van der Waals surface area contributed by atoms with Crippen LogP contribution in [0.5, 0.6) is 17.2 Å². The molecule has 0 spiro atoms. The van der Waals surface area contributed by atoms with Crippen molar-refractivity contribution < 1.29 is 22.6 Å². The largest absolute Gasteiger partial charge is 0.488 e. The Bertz CT molecular complexity index is 1080. The molecule has 0 amide bonds. The van der Waals surface area contributed by atoms with E-state index >= 15 is 0 Å². The molecule has 0 aliphatic carbocycles. The van der Waals surface area contributed by atoms with Gasteiger partial charge in [-0.25, -0.2) is 8.42 Å². The van der Waals surface area contributed by atoms with Crippen molar-refractivity contribution in [1.29, 1.82) is 0 Å². The van der Waals surface area contributed by atoms with E-state index in [0.717, 1.165) is 5.56 Å². The Kier molecular flexibility index (Phi) is 5.07. The smallest absolute Gasteiger partial charge is 0.213 e. The lowest BCUT2D eigenvalue weighted by atomic mass is 10.2. The van der Waals surface area contributed by atoms with Crippen LogP contribution in [0, 0.1) is 0 Å². The van der Waals surface area contributed by atoms with E-state index in [0.29, 0.717) is 24.7 Å². The molecule has 0 bridgehead atoms. The average molecular weight is 396 g/mol. The summed E-state index contributed by atoms with van der Waals surface area (Å²) in [6, 6.07) is 21.3. The third-order valence-corrected chi connectivity index (χ3v) is 6.20. The number of rotatable bonds is 6. The van der Waals surface area contributed by atoms with E-state index in [4.69, 9.17) is 14.2 Å². The first-order chi connectivity index (χ1) is 13.5. The third kappa shape index (κ3) is 3.74. The predicted molar refractivity (Wildman–Crippen MR) is 105 cm³/mol. The number of fused-ring (bicyclic) bond motifs is 2. The first kappa shape index (κ1) is 18.5. The fourth-order valence-corrected chi connectivity index (χ4v) is 4.52. The van der Waals surface area contributed by atoms with E-state index in [2.05, 4.69) is 0 Å². The van der Waals surface area contributed by atoms with Gasteiger partial charge in [0.2, 0.25) is 9.84 Å². The topological polar surface area (TPSA) is 61.8 Å². The highest BCUT2D eigenvalue weighted by Gasteiger charge is 2.31. The van der Waals surface area contributed by atoms with Crippen LogP contribution >= 0.6 is 0 Å². The fraction of sp³-hybridized carbons (Fsp3) is 0.182. The van der Waals surface area contributed by atoms with E-state index in [1.54, 1.807) is 36.4 Å². The van der Waals surface area contributed by atoms with Crippen LogP contribution in [0.4, 0.5) is 0 Å². The van der Waals surface area contributed by atoms with Gasteiger partial charge in [0.05, 0.1) is 13.2 Å². The zero-order valence-electron chi connectivity index (χ0n) is 15.4. The Balaban J connectivity index is 1.44. The highest BCUT2D eigenvalue weighted by Crippen LogP contribution is 2.43. The van der Waals surface area contributed by atoms with Crippen molar-refractivity contribution in [3.05, 3.63) is 78.4 Å². The molecule has 3 aromatic rings. The minimum atomic E-state index is -3.60. The number of hydrogen-bond donors (Lipinski definition) is 0. The molecule has 28 heavy (non-hydrogen) atoms. The van der Waals surface area contributed by atoms with Gasteiger partial charge in [-0.1, -0.05) is 42.5 Å². The number of ether oxygens (including phenoxy) is 3. The first-order valence-corrected chi connectivity index (χ1v) is 10.5. The van der Waals surface area contributed by atoms with Crippen molar-refractivity contribution >= 4 is 9.84 Å². The SMILES string of the molecule is C[C@@H](COCc1ccccc1)Oc1ccc2c(c1)Oc1ccccc1S2(=O)=O. The Morgan fingerprint density at radius 3 is 2.43 bits per heavy atom. The molecule has 0 unspecified atom stereocenters. The monoisotopic (exact) mass is 396 g/mol. The van der Waals surface area contributed by atoms with E-state index in [1.165, 1.54) is 6.07 Å². The molecule has 0 aromatic heterocycles. The van der Waals surface area contributed by atoms with Crippen molar-refractivity contribution in [2.45, 2.75) is 29.4 Å². The maximum atomic E-state index is 12.8. The van der Waals surface area contributed by atoms with E-state index < -0.39 is 9.84 Å². The molecule has 0 saturated heterocycles. The van der Waals surface area contributed by atoms with E-state index in [9.17, 15) is 8.42 Å². The summed E-state index contributed by atoms with van der Waals surface area (Å²) in [4.78, 5) is 0.324. The van der Waals surface area contributed by atoms with Crippen LogP contribution < -0.4 is 9.47 Å². The molecule has 6 heteroatoms. The van der Waals surface area contributed by atoms with Crippen LogP contribution in [0.25, 0.3) is 0 Å². The third-order valence-electron chi connectivity index (χ3n) is 4.36. The molecule has 4 rings (SSSR count). The van der Waals surface area contributed by atoms with Crippen LogP contribution in [-0.2, 0) is 21.2 Å². The summed E-state index contributed by atoms with van der Waals surface area (Å²) in [5.41, 5.74) is 1.10. The highest BCUT2D eigenvalue weighted by atomic mass is 32.2. The van der Waals surface area contributed by atoms with E-state index in [-0.39, 0.29) is 21.6 Å². The van der Waals surface area contributed by atoms with Crippen molar-refractivity contribution in [1.82, 2.24) is 0 Å². The molecule has 0 saturated carbocycles. The maximum absolute atomic E-state index is 12.8. The van der Waals surface area contributed by atoms with Crippen LogP contribution in [-0.4, -0.2) is 21.1 Å². The summed E-state index contributed by atoms with van der Waals surface area (Å²) < 4.78 is 42.9. The second-order valence-corrected chi connectivity index (χ2v) is 8.48. The summed E-state index contributed by atoms with van der Waals surface area (Å²) in [6.45, 7) is 2.82. The molecular formula is C22H20O5S. The zero-order valence-corrected chi connectivity index (χ0v) is 16.2. The Morgan fingerprint density at radius 1 is 0.893 bits per heavy atom. The molecule has 3 aromatic carbocycles. The standard InChI is InChI=1S/C22H20O5S/c1-16(14-25-15-17-7-3-2-4-8-17)26-18-11-12-22-20(13-18)27-19-9-5-6-10-21(19)28(22,23)24/h2-13,16H,14-15H2,1H3/t16-/m0/s1. The minimum Gasteiger partial charge on any atom is -0.488 e. The number of benzene rings is 3. The van der Waals surface area contributed by atoms with Gasteiger partial charge in [0.1, 0.15) is 33.1 Å². The lowest BCUT2D eigenvalue weighted by molar-refractivity contribution is 0.0492. The lowest BCUT2D eigenvalue weighted by Gasteiger charge is -2.21. The number of hydrogen-bond acceptors (Lipinski definition) is 5. The summed E-state index contributed by atoms with van der Waals surface area (Å²) in [7, 11) is -3.60. The molecule has 1 aliphatic rings. The summed E-state index contributed by atoms with van der Waals surface area (Å²) in [6.07, 6.45) is -0.200. The second-order valence-electron chi connectivity index (χ2n) is 6.59. The molecule has 0 radical (unpaired) electrons. The van der Waals surface area contributed by atoms with Gasteiger partial charge in [-0.3, -0.25) is 0 Å². The molecule has 0 fully saturated rings. The quantitative estimate of drug-likeness (QED) is 0.476. The molecule has 1 heterocycles. The number of para-hydroxylation sites is 1. The molecule has 1 aliphatic heterocycles. The van der Waals surface area contributed by atoms with Crippen molar-refractivity contribution in [3.8, 4) is 17.2 Å². The summed E-state index contributed by atoms with van der Waals surface area (Å²) >= 11 is 0. The van der Waals surface area contributed by atoms with Gasteiger partial charge >= 0.3 is 0 Å². The van der Waals surface area contributed by atoms with E-state index in [1.807, 2.05) is 37.3 Å². The molecule has 144 valence electrons. The van der Waals surface area contributed by atoms with Gasteiger partial charge in [0.25, 0.3) is 0 Å². The zero-order chi connectivity index (χ0) is 19.6. The van der Waals surface area contributed by atoms with Crippen molar-refractivity contribution in [2.75, 3.05) is 6.61 Å². The van der Waals surface area contributed by atoms with Gasteiger partial charge in [0.15, 0.2) is 0 Å². The highest BCUT2D eigenvalue weighted by molar-refractivity contribution is 7.91. The Morgan fingerprint density at radius 2 is 1.61 bits per heavy atom. The second kappa shape index (κ2) is 7.66. The average Bonchev–Trinajstić information content (AvgIpc) is 2.69. The predicted octanol–water partition coefficient (Wildman–Crippen LogP) is 4.61. The molecular weight excluding hydrogens is 376 g/mol. The molecule has 1 atom stereocenters. The van der Waals surface area contributed by atoms with Gasteiger partial charge in [-0.15, -0.1) is 0 Å². The van der Waals surface area contributed by atoms with Crippen LogP contribution in [0.15, 0.2) is 82.6 Å².